The molecule has 0 atom stereocenters. The van der Waals surface area contributed by atoms with Crippen molar-refractivity contribution in [2.45, 2.75) is 19.6 Å². The minimum absolute atomic E-state index is 0.212. The number of nitrogens with zero attached hydrogens (tertiary/aromatic N) is 2. The summed E-state index contributed by atoms with van der Waals surface area (Å²) in [5.74, 6) is 0.415. The molecule has 2 heterocycles. The molecule has 6 nitrogen and oxygen atoms in total. The molecule has 0 unspecified atom stereocenters. The smallest absolute Gasteiger partial charge is 0.258 e. The summed E-state index contributed by atoms with van der Waals surface area (Å²) in [5, 5.41) is 6.77. The molecule has 1 aromatic heterocycles. The van der Waals surface area contributed by atoms with Crippen molar-refractivity contribution in [1.29, 1.82) is 0 Å². The molecule has 20 heavy (non-hydrogen) atoms. The minimum atomic E-state index is -0.672. The number of anilines is 1. The van der Waals surface area contributed by atoms with Crippen LogP contribution in [0.15, 0.2) is 30.6 Å². The van der Waals surface area contributed by atoms with E-state index in [2.05, 4.69) is 10.4 Å². The first kappa shape index (κ1) is 12.5. The highest BCUT2D eigenvalue weighted by atomic mass is 16.7. The SMILES string of the molecule is Cn1cc(C(=O)Nc2ccc3c(c2)OC(C)(C)O3)cn1. The molecule has 0 spiro atoms. The van der Waals surface area contributed by atoms with Gasteiger partial charge in [-0.2, -0.15) is 5.10 Å². The molecule has 0 saturated heterocycles. The van der Waals surface area contributed by atoms with Gasteiger partial charge >= 0.3 is 0 Å². The second-order valence-corrected chi connectivity index (χ2v) is 5.12. The summed E-state index contributed by atoms with van der Waals surface area (Å²) >= 11 is 0. The van der Waals surface area contributed by atoms with Crippen LogP contribution in [0.4, 0.5) is 5.69 Å². The molecule has 0 fully saturated rings. The highest BCUT2D eigenvalue weighted by molar-refractivity contribution is 6.04. The maximum Gasteiger partial charge on any atom is 0.258 e. The normalized spacial score (nSPS) is 15.2. The van der Waals surface area contributed by atoms with Crippen molar-refractivity contribution >= 4 is 11.6 Å². The quantitative estimate of drug-likeness (QED) is 0.910. The number of ether oxygens (including phenoxy) is 2. The van der Waals surface area contributed by atoms with Crippen molar-refractivity contribution in [3.63, 3.8) is 0 Å². The third-order valence-electron chi connectivity index (χ3n) is 2.88. The highest BCUT2D eigenvalue weighted by Gasteiger charge is 2.31. The molecular weight excluding hydrogens is 258 g/mol. The number of nitrogens with one attached hydrogen (secondary N) is 1. The van der Waals surface area contributed by atoms with Gasteiger partial charge in [0.15, 0.2) is 11.5 Å². The number of carbonyl (C=O) groups is 1. The van der Waals surface area contributed by atoms with Gasteiger partial charge in [-0.25, -0.2) is 0 Å². The van der Waals surface area contributed by atoms with Crippen molar-refractivity contribution in [3.8, 4) is 11.5 Å². The Morgan fingerprint density at radius 3 is 2.75 bits per heavy atom. The van der Waals surface area contributed by atoms with E-state index in [1.54, 1.807) is 36.1 Å². The van der Waals surface area contributed by atoms with Crippen LogP contribution in [0.5, 0.6) is 11.5 Å². The second kappa shape index (κ2) is 4.26. The fraction of sp³-hybridized carbons (Fsp3) is 0.286. The first-order valence-electron chi connectivity index (χ1n) is 6.25. The van der Waals surface area contributed by atoms with E-state index in [1.165, 1.54) is 6.20 Å². The summed E-state index contributed by atoms with van der Waals surface area (Å²) in [7, 11) is 1.76. The van der Waals surface area contributed by atoms with E-state index in [4.69, 9.17) is 9.47 Å². The Morgan fingerprint density at radius 2 is 2.05 bits per heavy atom. The maximum atomic E-state index is 12.0. The topological polar surface area (TPSA) is 65.4 Å². The van der Waals surface area contributed by atoms with Crippen LogP contribution in [-0.2, 0) is 7.05 Å². The molecule has 0 aliphatic carbocycles. The lowest BCUT2D eigenvalue weighted by Crippen LogP contribution is -2.29. The first-order chi connectivity index (χ1) is 9.43. The van der Waals surface area contributed by atoms with Crippen LogP contribution in [0, 0.1) is 0 Å². The zero-order valence-corrected chi connectivity index (χ0v) is 11.5. The van der Waals surface area contributed by atoms with Crippen molar-refractivity contribution in [2.24, 2.45) is 7.05 Å². The molecule has 1 amide bonds. The number of fused-ring (bicyclic) bond motifs is 1. The number of aromatic nitrogens is 2. The van der Waals surface area contributed by atoms with Gasteiger partial charge in [-0.1, -0.05) is 0 Å². The second-order valence-electron chi connectivity index (χ2n) is 5.12. The predicted octanol–water partition coefficient (Wildman–Crippen LogP) is 2.18. The molecule has 0 radical (unpaired) electrons. The highest BCUT2D eigenvalue weighted by Crippen LogP contribution is 2.40. The summed E-state index contributed by atoms with van der Waals surface area (Å²) in [6, 6.07) is 5.30. The number of amides is 1. The molecule has 2 aromatic rings. The number of hydrogen-bond acceptors (Lipinski definition) is 4. The third-order valence-corrected chi connectivity index (χ3v) is 2.88. The number of hydrogen-bond donors (Lipinski definition) is 1. The van der Waals surface area contributed by atoms with E-state index < -0.39 is 5.79 Å². The van der Waals surface area contributed by atoms with Gasteiger partial charge in [-0.15, -0.1) is 0 Å². The molecule has 0 saturated carbocycles. The van der Waals surface area contributed by atoms with Gasteiger partial charge in [0.2, 0.25) is 5.79 Å². The molecule has 3 rings (SSSR count). The molecule has 6 heteroatoms. The molecular formula is C14H15N3O3. The van der Waals surface area contributed by atoms with Crippen LogP contribution < -0.4 is 14.8 Å². The van der Waals surface area contributed by atoms with Crippen LogP contribution >= 0.6 is 0 Å². The summed E-state index contributed by atoms with van der Waals surface area (Å²) in [4.78, 5) is 12.0. The van der Waals surface area contributed by atoms with Gasteiger partial charge < -0.3 is 14.8 Å². The van der Waals surface area contributed by atoms with Gasteiger partial charge in [-0.05, 0) is 12.1 Å². The van der Waals surface area contributed by atoms with Crippen LogP contribution in [0.2, 0.25) is 0 Å². The fourth-order valence-corrected chi connectivity index (χ4v) is 2.04. The largest absolute Gasteiger partial charge is 0.449 e. The number of aryl methyl sites for hydroxylation is 1. The van der Waals surface area contributed by atoms with Crippen molar-refractivity contribution < 1.29 is 14.3 Å². The van der Waals surface area contributed by atoms with Gasteiger partial charge in [0.1, 0.15) is 0 Å². The van der Waals surface area contributed by atoms with E-state index in [0.29, 0.717) is 22.7 Å². The summed E-state index contributed by atoms with van der Waals surface area (Å²) in [5.41, 5.74) is 1.16. The molecule has 104 valence electrons. The Kier molecular flexibility index (Phi) is 2.67. The van der Waals surface area contributed by atoms with Gasteiger partial charge in [0, 0.05) is 38.8 Å². The Hall–Kier alpha value is -2.50. The Morgan fingerprint density at radius 1 is 1.30 bits per heavy atom. The zero-order chi connectivity index (χ0) is 14.3. The van der Waals surface area contributed by atoms with Crippen molar-refractivity contribution in [1.82, 2.24) is 9.78 Å². The third kappa shape index (κ3) is 2.32. The Labute approximate surface area is 116 Å². The average molecular weight is 273 g/mol. The van der Waals surface area contributed by atoms with Gasteiger partial charge in [-0.3, -0.25) is 9.48 Å². The van der Waals surface area contributed by atoms with Gasteiger partial charge in [0.25, 0.3) is 5.91 Å². The lowest BCUT2D eigenvalue weighted by Gasteiger charge is -2.16. The molecule has 1 aromatic carbocycles. The molecule has 0 bridgehead atoms. The standard InChI is InChI=1S/C14H15N3O3/c1-14(2)19-11-5-4-10(6-12(11)20-14)16-13(18)9-7-15-17(3)8-9/h4-8H,1-3H3,(H,16,18). The summed E-state index contributed by atoms with van der Waals surface area (Å²) in [6.07, 6.45) is 3.18. The Bertz CT molecular complexity index is 676. The van der Waals surface area contributed by atoms with Crippen LogP contribution in [0.3, 0.4) is 0 Å². The van der Waals surface area contributed by atoms with Crippen molar-refractivity contribution in [2.75, 3.05) is 5.32 Å². The summed E-state index contributed by atoms with van der Waals surface area (Å²) < 4.78 is 12.8. The Balaban J connectivity index is 1.78. The van der Waals surface area contributed by atoms with E-state index >= 15 is 0 Å². The van der Waals surface area contributed by atoms with Crippen LogP contribution in [-0.4, -0.2) is 21.5 Å². The lowest BCUT2D eigenvalue weighted by atomic mass is 10.2. The average Bonchev–Trinajstić information content (AvgIpc) is 2.90. The van der Waals surface area contributed by atoms with Gasteiger partial charge in [0.05, 0.1) is 11.8 Å². The van der Waals surface area contributed by atoms with Crippen LogP contribution in [0.25, 0.3) is 0 Å². The molecule has 1 aliphatic heterocycles. The van der Waals surface area contributed by atoms with E-state index in [9.17, 15) is 4.79 Å². The van der Waals surface area contributed by atoms with Crippen molar-refractivity contribution in [3.05, 3.63) is 36.2 Å². The minimum Gasteiger partial charge on any atom is -0.449 e. The van der Waals surface area contributed by atoms with E-state index in [0.717, 1.165) is 0 Å². The van der Waals surface area contributed by atoms with E-state index in [-0.39, 0.29) is 5.91 Å². The molecule has 1 aliphatic rings. The maximum absolute atomic E-state index is 12.0. The predicted molar refractivity (Wildman–Crippen MR) is 72.9 cm³/mol. The van der Waals surface area contributed by atoms with E-state index in [1.807, 2.05) is 13.8 Å². The first-order valence-corrected chi connectivity index (χ1v) is 6.25. The monoisotopic (exact) mass is 273 g/mol. The number of carbonyl (C=O) groups excluding carboxylic acids is 1. The fourth-order valence-electron chi connectivity index (χ4n) is 2.04. The summed E-state index contributed by atoms with van der Waals surface area (Å²) in [6.45, 7) is 3.67. The zero-order valence-electron chi connectivity index (χ0n) is 11.5. The lowest BCUT2D eigenvalue weighted by molar-refractivity contribution is -0.0431. The van der Waals surface area contributed by atoms with Crippen LogP contribution in [0.1, 0.15) is 24.2 Å². The number of rotatable bonds is 2. The molecule has 1 N–H and O–H groups in total. The number of benzene rings is 1.